The minimum absolute atomic E-state index is 0.00396. The SMILES string of the molecule is CCN(C1CCS(=O)(=O)C1)S(=O)(=O)c1ccc(OCC(=O)OC)cc1. The smallest absolute Gasteiger partial charge is 0.343 e. The molecule has 0 saturated carbocycles. The van der Waals surface area contributed by atoms with Crippen LogP contribution in [0.2, 0.25) is 0 Å². The Kier molecular flexibility index (Phi) is 6.07. The van der Waals surface area contributed by atoms with E-state index in [1.807, 2.05) is 0 Å². The number of nitrogens with zero attached hydrogens (tertiary/aromatic N) is 1. The molecule has 1 unspecified atom stereocenters. The second-order valence-corrected chi connectivity index (χ2v) is 9.72. The molecule has 1 aliphatic heterocycles. The van der Waals surface area contributed by atoms with E-state index in [0.29, 0.717) is 12.2 Å². The van der Waals surface area contributed by atoms with Gasteiger partial charge in [-0.2, -0.15) is 4.31 Å². The van der Waals surface area contributed by atoms with Crippen molar-refractivity contribution in [1.82, 2.24) is 4.31 Å². The number of hydrogen-bond donors (Lipinski definition) is 0. The zero-order chi connectivity index (χ0) is 18.7. The van der Waals surface area contributed by atoms with Crippen molar-refractivity contribution in [3.8, 4) is 5.75 Å². The highest BCUT2D eigenvalue weighted by atomic mass is 32.2. The van der Waals surface area contributed by atoms with Gasteiger partial charge in [-0.05, 0) is 30.7 Å². The van der Waals surface area contributed by atoms with E-state index in [9.17, 15) is 21.6 Å². The van der Waals surface area contributed by atoms with Gasteiger partial charge in [0.2, 0.25) is 10.0 Å². The van der Waals surface area contributed by atoms with Gasteiger partial charge in [0.15, 0.2) is 16.4 Å². The highest BCUT2D eigenvalue weighted by Gasteiger charge is 2.37. The van der Waals surface area contributed by atoms with Gasteiger partial charge >= 0.3 is 5.97 Å². The van der Waals surface area contributed by atoms with Crippen molar-refractivity contribution in [2.45, 2.75) is 24.3 Å². The van der Waals surface area contributed by atoms with E-state index in [2.05, 4.69) is 4.74 Å². The fourth-order valence-corrected chi connectivity index (χ4v) is 6.16. The maximum atomic E-state index is 12.8. The fourth-order valence-electron chi connectivity index (χ4n) is 2.67. The third kappa shape index (κ3) is 4.71. The number of rotatable bonds is 7. The monoisotopic (exact) mass is 391 g/mol. The number of methoxy groups -OCH3 is 1. The molecule has 1 saturated heterocycles. The number of esters is 1. The van der Waals surface area contributed by atoms with Crippen LogP contribution in [0.25, 0.3) is 0 Å². The van der Waals surface area contributed by atoms with Crippen molar-refractivity contribution in [2.24, 2.45) is 0 Å². The topological polar surface area (TPSA) is 107 Å². The van der Waals surface area contributed by atoms with E-state index >= 15 is 0 Å². The summed E-state index contributed by atoms with van der Waals surface area (Å²) in [6, 6.07) is 5.07. The third-order valence-corrected chi connectivity index (χ3v) is 7.73. The van der Waals surface area contributed by atoms with Crippen molar-refractivity contribution in [3.05, 3.63) is 24.3 Å². The molecule has 1 aromatic carbocycles. The second-order valence-electron chi connectivity index (χ2n) is 5.60. The van der Waals surface area contributed by atoms with Crippen LogP contribution in [0.1, 0.15) is 13.3 Å². The molecule has 0 amide bonds. The van der Waals surface area contributed by atoms with Gasteiger partial charge in [-0.15, -0.1) is 0 Å². The Hall–Kier alpha value is -1.65. The molecular formula is C15H21NO7S2. The summed E-state index contributed by atoms with van der Waals surface area (Å²) in [5.74, 6) is -0.364. The first-order valence-corrected chi connectivity index (χ1v) is 11.0. The number of carbonyl (C=O) groups is 1. The Bertz CT molecular complexity index is 816. The van der Waals surface area contributed by atoms with Crippen LogP contribution in [0.5, 0.6) is 5.75 Å². The van der Waals surface area contributed by atoms with Crippen LogP contribution in [0.4, 0.5) is 0 Å². The molecule has 1 atom stereocenters. The van der Waals surface area contributed by atoms with Crippen LogP contribution in [-0.4, -0.2) is 64.9 Å². The second kappa shape index (κ2) is 7.71. The number of carbonyl (C=O) groups excluding carboxylic acids is 1. The molecule has 10 heteroatoms. The van der Waals surface area contributed by atoms with Gasteiger partial charge in [0.1, 0.15) is 5.75 Å². The maximum absolute atomic E-state index is 12.8. The molecule has 8 nitrogen and oxygen atoms in total. The van der Waals surface area contributed by atoms with Crippen LogP contribution in [0.15, 0.2) is 29.2 Å². The minimum Gasteiger partial charge on any atom is -0.482 e. The Labute approximate surface area is 147 Å². The van der Waals surface area contributed by atoms with E-state index in [4.69, 9.17) is 4.74 Å². The lowest BCUT2D eigenvalue weighted by Gasteiger charge is -2.26. The van der Waals surface area contributed by atoms with Crippen molar-refractivity contribution in [1.29, 1.82) is 0 Å². The van der Waals surface area contributed by atoms with Gasteiger partial charge in [-0.25, -0.2) is 21.6 Å². The number of sulfone groups is 1. The lowest BCUT2D eigenvalue weighted by Crippen LogP contribution is -2.40. The molecule has 0 aliphatic carbocycles. The van der Waals surface area contributed by atoms with E-state index in [-0.39, 0.29) is 29.6 Å². The van der Waals surface area contributed by atoms with Crippen molar-refractivity contribution < 1.29 is 31.1 Å². The third-order valence-electron chi connectivity index (χ3n) is 3.94. The number of hydrogen-bond acceptors (Lipinski definition) is 7. The van der Waals surface area contributed by atoms with Gasteiger partial charge in [-0.3, -0.25) is 0 Å². The Morgan fingerprint density at radius 1 is 1.28 bits per heavy atom. The standard InChI is InChI=1S/C15H21NO7S2/c1-3-16(12-8-9-24(18,19)11-12)25(20,21)14-6-4-13(5-7-14)23-10-15(17)22-2/h4-7,12H,3,8-11H2,1-2H3. The Morgan fingerprint density at radius 2 is 1.92 bits per heavy atom. The summed E-state index contributed by atoms with van der Waals surface area (Å²) in [6.07, 6.45) is 0.301. The summed E-state index contributed by atoms with van der Waals surface area (Å²) < 4.78 is 59.7. The summed E-state index contributed by atoms with van der Waals surface area (Å²) in [6.45, 7) is 1.59. The molecule has 0 radical (unpaired) electrons. The Balaban J connectivity index is 2.16. The summed E-state index contributed by atoms with van der Waals surface area (Å²) >= 11 is 0. The highest BCUT2D eigenvalue weighted by Crippen LogP contribution is 2.26. The zero-order valence-corrected chi connectivity index (χ0v) is 15.7. The van der Waals surface area contributed by atoms with Crippen molar-refractivity contribution >= 4 is 25.8 Å². The van der Waals surface area contributed by atoms with Crippen molar-refractivity contribution in [2.75, 3.05) is 31.8 Å². The molecule has 1 aliphatic rings. The van der Waals surface area contributed by atoms with E-state index in [0.717, 1.165) is 0 Å². The average Bonchev–Trinajstić information content (AvgIpc) is 2.93. The van der Waals surface area contributed by atoms with Gasteiger partial charge in [0.25, 0.3) is 0 Å². The van der Waals surface area contributed by atoms with Crippen molar-refractivity contribution in [3.63, 3.8) is 0 Å². The maximum Gasteiger partial charge on any atom is 0.343 e. The van der Waals surface area contributed by atoms with Crippen LogP contribution >= 0.6 is 0 Å². The van der Waals surface area contributed by atoms with Gasteiger partial charge in [0, 0.05) is 12.6 Å². The fraction of sp³-hybridized carbons (Fsp3) is 0.533. The predicted octanol–water partition coefficient (Wildman–Crippen LogP) is 0.436. The van der Waals surface area contributed by atoms with Gasteiger partial charge in [0.05, 0.1) is 23.5 Å². The average molecular weight is 391 g/mol. The molecule has 0 aromatic heterocycles. The van der Waals surface area contributed by atoms with E-state index in [1.165, 1.54) is 35.7 Å². The largest absolute Gasteiger partial charge is 0.482 e. The minimum atomic E-state index is -3.82. The summed E-state index contributed by atoms with van der Waals surface area (Å²) in [4.78, 5) is 11.1. The number of sulfonamides is 1. The first kappa shape index (κ1) is 19.7. The summed E-state index contributed by atoms with van der Waals surface area (Å²) in [5.41, 5.74) is 0. The van der Waals surface area contributed by atoms with E-state index in [1.54, 1.807) is 6.92 Å². The molecular weight excluding hydrogens is 370 g/mol. The molecule has 140 valence electrons. The predicted molar refractivity (Wildman–Crippen MR) is 90.6 cm³/mol. The Morgan fingerprint density at radius 3 is 2.40 bits per heavy atom. The molecule has 25 heavy (non-hydrogen) atoms. The van der Waals surface area contributed by atoms with Crippen LogP contribution in [0, 0.1) is 0 Å². The molecule has 0 bridgehead atoms. The molecule has 2 rings (SSSR count). The highest BCUT2D eigenvalue weighted by molar-refractivity contribution is 7.92. The zero-order valence-electron chi connectivity index (χ0n) is 14.0. The van der Waals surface area contributed by atoms with Gasteiger partial charge in [-0.1, -0.05) is 6.92 Å². The molecule has 1 heterocycles. The number of ether oxygens (including phenoxy) is 2. The summed E-state index contributed by atoms with van der Waals surface area (Å²) in [7, 11) is -5.76. The molecule has 1 fully saturated rings. The normalized spacial score (nSPS) is 19.7. The number of benzene rings is 1. The lowest BCUT2D eigenvalue weighted by atomic mass is 10.3. The first-order chi connectivity index (χ1) is 11.7. The quantitative estimate of drug-likeness (QED) is 0.621. The first-order valence-electron chi connectivity index (χ1n) is 7.71. The molecule has 0 spiro atoms. The molecule has 1 aromatic rings. The lowest BCUT2D eigenvalue weighted by molar-refractivity contribution is -0.142. The van der Waals surface area contributed by atoms with Gasteiger partial charge < -0.3 is 9.47 Å². The van der Waals surface area contributed by atoms with Crippen LogP contribution < -0.4 is 4.74 Å². The van der Waals surface area contributed by atoms with Crippen LogP contribution in [-0.2, 0) is 29.4 Å². The van der Waals surface area contributed by atoms with E-state index < -0.39 is 31.9 Å². The van der Waals surface area contributed by atoms with Crippen LogP contribution in [0.3, 0.4) is 0 Å². The molecule has 0 N–H and O–H groups in total. The summed E-state index contributed by atoms with van der Waals surface area (Å²) in [5, 5.41) is 0.